The second-order valence-corrected chi connectivity index (χ2v) is 5.67. The van der Waals surface area contributed by atoms with Gasteiger partial charge < -0.3 is 14.5 Å². The normalized spacial score (nSPS) is 19.5. The molecule has 0 spiro atoms. The second-order valence-electron chi connectivity index (χ2n) is 4.78. The molecule has 0 radical (unpaired) electrons. The SMILES string of the molecule is c1ccc2oc(-c3csc(C4CNCCO4)n3)cc2c1. The van der Waals surface area contributed by atoms with Crippen molar-refractivity contribution in [2.24, 2.45) is 0 Å². The first-order valence-electron chi connectivity index (χ1n) is 6.67. The van der Waals surface area contributed by atoms with Crippen LogP contribution in [-0.4, -0.2) is 24.7 Å². The first kappa shape index (κ1) is 12.1. The van der Waals surface area contributed by atoms with Crippen molar-refractivity contribution in [2.45, 2.75) is 6.10 Å². The highest BCUT2D eigenvalue weighted by molar-refractivity contribution is 7.10. The zero-order valence-electron chi connectivity index (χ0n) is 10.8. The van der Waals surface area contributed by atoms with Crippen LogP contribution in [-0.2, 0) is 4.74 Å². The van der Waals surface area contributed by atoms with Crippen molar-refractivity contribution in [1.29, 1.82) is 0 Å². The van der Waals surface area contributed by atoms with E-state index in [0.717, 1.165) is 47.1 Å². The average Bonchev–Trinajstić information content (AvgIpc) is 3.14. The lowest BCUT2D eigenvalue weighted by Crippen LogP contribution is -2.33. The Morgan fingerprint density at radius 1 is 1.30 bits per heavy atom. The molecule has 0 bridgehead atoms. The smallest absolute Gasteiger partial charge is 0.154 e. The van der Waals surface area contributed by atoms with Crippen molar-refractivity contribution >= 4 is 22.3 Å². The predicted octanol–water partition coefficient (Wildman–Crippen LogP) is 3.22. The van der Waals surface area contributed by atoms with E-state index in [0.29, 0.717) is 0 Å². The number of aromatic nitrogens is 1. The van der Waals surface area contributed by atoms with E-state index in [1.54, 1.807) is 11.3 Å². The molecule has 3 aromatic rings. The van der Waals surface area contributed by atoms with Crippen molar-refractivity contribution in [2.75, 3.05) is 19.7 Å². The number of nitrogens with zero attached hydrogens (tertiary/aromatic N) is 1. The summed E-state index contributed by atoms with van der Waals surface area (Å²) in [4.78, 5) is 4.66. The zero-order valence-corrected chi connectivity index (χ0v) is 11.7. The summed E-state index contributed by atoms with van der Waals surface area (Å²) in [5, 5.41) is 7.47. The summed E-state index contributed by atoms with van der Waals surface area (Å²) in [6.45, 7) is 2.48. The van der Waals surface area contributed by atoms with Crippen molar-refractivity contribution in [3.05, 3.63) is 40.7 Å². The number of hydrogen-bond donors (Lipinski definition) is 1. The molecular weight excluding hydrogens is 272 g/mol. The van der Waals surface area contributed by atoms with Gasteiger partial charge in [-0.15, -0.1) is 11.3 Å². The fourth-order valence-corrected chi connectivity index (χ4v) is 3.24. The minimum Gasteiger partial charge on any atom is -0.454 e. The van der Waals surface area contributed by atoms with Gasteiger partial charge in [-0.2, -0.15) is 0 Å². The van der Waals surface area contributed by atoms with Gasteiger partial charge in [0.25, 0.3) is 0 Å². The maximum Gasteiger partial charge on any atom is 0.154 e. The van der Waals surface area contributed by atoms with E-state index in [9.17, 15) is 0 Å². The van der Waals surface area contributed by atoms with E-state index < -0.39 is 0 Å². The average molecular weight is 286 g/mol. The van der Waals surface area contributed by atoms with Crippen molar-refractivity contribution < 1.29 is 9.15 Å². The Kier molecular flexibility index (Phi) is 3.03. The Morgan fingerprint density at radius 2 is 2.25 bits per heavy atom. The van der Waals surface area contributed by atoms with Crippen LogP contribution in [0.25, 0.3) is 22.4 Å². The summed E-state index contributed by atoms with van der Waals surface area (Å²) in [5.41, 5.74) is 1.78. The van der Waals surface area contributed by atoms with E-state index in [4.69, 9.17) is 9.15 Å². The second kappa shape index (κ2) is 5.01. The van der Waals surface area contributed by atoms with E-state index in [-0.39, 0.29) is 6.10 Å². The van der Waals surface area contributed by atoms with Gasteiger partial charge in [-0.25, -0.2) is 4.98 Å². The molecule has 0 amide bonds. The highest BCUT2D eigenvalue weighted by Gasteiger charge is 2.20. The van der Waals surface area contributed by atoms with Crippen LogP contribution in [0.15, 0.2) is 40.1 Å². The molecule has 2 aromatic heterocycles. The van der Waals surface area contributed by atoms with Crippen LogP contribution >= 0.6 is 11.3 Å². The Hall–Kier alpha value is -1.69. The third kappa shape index (κ3) is 2.14. The number of nitrogens with one attached hydrogen (secondary N) is 1. The van der Waals surface area contributed by atoms with Gasteiger partial charge in [0.05, 0.1) is 6.61 Å². The van der Waals surface area contributed by atoms with Crippen molar-refractivity contribution in [3.8, 4) is 11.5 Å². The van der Waals surface area contributed by atoms with Gasteiger partial charge in [0, 0.05) is 23.9 Å². The lowest BCUT2D eigenvalue weighted by molar-refractivity contribution is 0.0276. The molecule has 20 heavy (non-hydrogen) atoms. The molecular formula is C15H14N2O2S. The molecule has 3 heterocycles. The molecule has 0 aliphatic carbocycles. The third-order valence-corrected chi connectivity index (χ3v) is 4.34. The van der Waals surface area contributed by atoms with Crippen LogP contribution in [0, 0.1) is 0 Å². The van der Waals surface area contributed by atoms with Gasteiger partial charge >= 0.3 is 0 Å². The van der Waals surface area contributed by atoms with E-state index in [1.807, 2.05) is 35.7 Å². The molecule has 1 fully saturated rings. The number of ether oxygens (including phenoxy) is 1. The summed E-state index contributed by atoms with van der Waals surface area (Å²) in [6.07, 6.45) is 0.0619. The lowest BCUT2D eigenvalue weighted by Gasteiger charge is -2.21. The number of benzene rings is 1. The quantitative estimate of drug-likeness (QED) is 0.786. The fourth-order valence-electron chi connectivity index (χ4n) is 2.38. The van der Waals surface area contributed by atoms with Crippen LogP contribution in [0.2, 0.25) is 0 Å². The first-order chi connectivity index (χ1) is 9.90. The monoisotopic (exact) mass is 286 g/mol. The zero-order chi connectivity index (χ0) is 13.4. The van der Waals surface area contributed by atoms with E-state index in [1.165, 1.54) is 0 Å². The molecule has 1 N–H and O–H groups in total. The first-order valence-corrected chi connectivity index (χ1v) is 7.55. The standard InChI is InChI=1S/C15H14N2O2S/c1-2-4-12-10(3-1)7-13(19-12)11-9-20-15(17-11)14-8-16-5-6-18-14/h1-4,7,9,14,16H,5-6,8H2. The molecule has 4 nitrogen and oxygen atoms in total. The van der Waals surface area contributed by atoms with Crippen LogP contribution in [0.1, 0.15) is 11.1 Å². The molecule has 1 aliphatic heterocycles. The summed E-state index contributed by atoms with van der Waals surface area (Å²) in [6, 6.07) is 10.0. The molecule has 1 aromatic carbocycles. The summed E-state index contributed by atoms with van der Waals surface area (Å²) >= 11 is 1.62. The molecule has 1 saturated heterocycles. The van der Waals surface area contributed by atoms with Crippen LogP contribution < -0.4 is 5.32 Å². The van der Waals surface area contributed by atoms with Crippen molar-refractivity contribution in [1.82, 2.24) is 10.3 Å². The number of hydrogen-bond acceptors (Lipinski definition) is 5. The van der Waals surface area contributed by atoms with Gasteiger partial charge in [0.1, 0.15) is 22.4 Å². The largest absolute Gasteiger partial charge is 0.454 e. The molecule has 1 aliphatic rings. The maximum atomic E-state index is 5.84. The van der Waals surface area contributed by atoms with Crippen molar-refractivity contribution in [3.63, 3.8) is 0 Å². The summed E-state index contributed by atoms with van der Waals surface area (Å²) in [5.74, 6) is 0.817. The molecule has 1 atom stereocenters. The number of rotatable bonds is 2. The molecule has 1 unspecified atom stereocenters. The minimum atomic E-state index is 0.0619. The number of para-hydroxylation sites is 1. The molecule has 5 heteroatoms. The Morgan fingerprint density at radius 3 is 3.10 bits per heavy atom. The molecule has 4 rings (SSSR count). The Balaban J connectivity index is 1.66. The number of furan rings is 1. The van der Waals surface area contributed by atoms with Crippen LogP contribution in [0.3, 0.4) is 0 Å². The number of thiazole rings is 1. The van der Waals surface area contributed by atoms with Gasteiger partial charge in [0.2, 0.25) is 0 Å². The minimum absolute atomic E-state index is 0.0619. The highest BCUT2D eigenvalue weighted by Crippen LogP contribution is 2.31. The lowest BCUT2D eigenvalue weighted by atomic mass is 10.2. The topological polar surface area (TPSA) is 47.3 Å². The van der Waals surface area contributed by atoms with E-state index in [2.05, 4.69) is 10.3 Å². The number of morpholine rings is 1. The molecule has 102 valence electrons. The predicted molar refractivity (Wildman–Crippen MR) is 78.9 cm³/mol. The summed E-state index contributed by atoms with van der Waals surface area (Å²) < 4.78 is 11.6. The van der Waals surface area contributed by atoms with Gasteiger partial charge in [-0.05, 0) is 12.1 Å². The van der Waals surface area contributed by atoms with Gasteiger partial charge in [-0.1, -0.05) is 18.2 Å². The Bertz CT molecular complexity index is 695. The summed E-state index contributed by atoms with van der Waals surface area (Å²) in [7, 11) is 0. The highest BCUT2D eigenvalue weighted by atomic mass is 32.1. The van der Waals surface area contributed by atoms with Gasteiger partial charge in [0.15, 0.2) is 5.76 Å². The Labute approximate surface area is 120 Å². The van der Waals surface area contributed by atoms with Crippen LogP contribution in [0.5, 0.6) is 0 Å². The fraction of sp³-hybridized carbons (Fsp3) is 0.267. The third-order valence-electron chi connectivity index (χ3n) is 3.40. The maximum absolute atomic E-state index is 5.84. The van der Waals surface area contributed by atoms with E-state index >= 15 is 0 Å². The van der Waals surface area contributed by atoms with Gasteiger partial charge in [-0.3, -0.25) is 0 Å². The van der Waals surface area contributed by atoms with Crippen LogP contribution in [0.4, 0.5) is 0 Å². The number of fused-ring (bicyclic) bond motifs is 1. The molecule has 0 saturated carbocycles.